The molecule has 27 heavy (non-hydrogen) atoms. The van der Waals surface area contributed by atoms with E-state index in [0.29, 0.717) is 30.5 Å². The zero-order valence-electron chi connectivity index (χ0n) is 15.7. The quantitative estimate of drug-likeness (QED) is 0.813. The summed E-state index contributed by atoms with van der Waals surface area (Å²) in [6.45, 7) is 6.95. The number of hydrogen-bond donors (Lipinski definition) is 0. The summed E-state index contributed by atoms with van der Waals surface area (Å²) < 4.78 is 0. The van der Waals surface area contributed by atoms with E-state index in [2.05, 4.69) is 36.7 Å². The second kappa shape index (κ2) is 7.85. The SMILES string of the molecule is CC1CCCN(c2ncc(C(=O)N3CCN(c4ncccn4)CC3)cn2)C1. The molecule has 2 fully saturated rings. The van der Waals surface area contributed by atoms with E-state index in [1.54, 1.807) is 30.9 Å². The van der Waals surface area contributed by atoms with Crippen LogP contribution in [0, 0.1) is 5.92 Å². The molecule has 1 unspecified atom stereocenters. The van der Waals surface area contributed by atoms with Crippen molar-refractivity contribution < 1.29 is 4.79 Å². The molecule has 4 heterocycles. The molecule has 2 aliphatic rings. The summed E-state index contributed by atoms with van der Waals surface area (Å²) in [4.78, 5) is 36.4. The molecule has 1 amide bonds. The van der Waals surface area contributed by atoms with E-state index in [1.807, 2.05) is 4.90 Å². The fourth-order valence-electron chi connectivity index (χ4n) is 3.71. The number of carbonyl (C=O) groups is 1. The molecule has 0 radical (unpaired) electrons. The molecule has 142 valence electrons. The molecule has 4 rings (SSSR count). The summed E-state index contributed by atoms with van der Waals surface area (Å²) in [6.07, 6.45) is 9.23. The van der Waals surface area contributed by atoms with Crippen molar-refractivity contribution in [2.75, 3.05) is 49.1 Å². The molecule has 2 aromatic rings. The van der Waals surface area contributed by atoms with Gasteiger partial charge in [-0.05, 0) is 24.8 Å². The maximum absolute atomic E-state index is 12.8. The molecule has 0 N–H and O–H groups in total. The van der Waals surface area contributed by atoms with Gasteiger partial charge < -0.3 is 14.7 Å². The minimum Gasteiger partial charge on any atom is -0.341 e. The Morgan fingerprint density at radius 2 is 1.59 bits per heavy atom. The van der Waals surface area contributed by atoms with Gasteiger partial charge in [0.2, 0.25) is 11.9 Å². The van der Waals surface area contributed by atoms with Gasteiger partial charge in [0.1, 0.15) is 0 Å². The van der Waals surface area contributed by atoms with Crippen LogP contribution in [-0.2, 0) is 0 Å². The molecule has 0 aliphatic carbocycles. The summed E-state index contributed by atoms with van der Waals surface area (Å²) in [6, 6.07) is 1.80. The molecule has 2 aliphatic heterocycles. The second-order valence-corrected chi connectivity index (χ2v) is 7.29. The van der Waals surface area contributed by atoms with Gasteiger partial charge in [0, 0.05) is 64.1 Å². The molecule has 0 spiro atoms. The summed E-state index contributed by atoms with van der Waals surface area (Å²) in [5.74, 6) is 2.09. The molecule has 2 saturated heterocycles. The normalized spacial score (nSPS) is 20.6. The first-order valence-corrected chi connectivity index (χ1v) is 9.59. The number of piperidine rings is 1. The van der Waals surface area contributed by atoms with Crippen LogP contribution in [-0.4, -0.2) is 70.0 Å². The van der Waals surface area contributed by atoms with E-state index in [-0.39, 0.29) is 5.91 Å². The predicted octanol–water partition coefficient (Wildman–Crippen LogP) is 1.47. The highest BCUT2D eigenvalue weighted by Gasteiger charge is 2.24. The van der Waals surface area contributed by atoms with Gasteiger partial charge in [-0.15, -0.1) is 0 Å². The number of piperazine rings is 1. The Morgan fingerprint density at radius 1 is 0.926 bits per heavy atom. The Kier molecular flexibility index (Phi) is 5.13. The molecule has 8 heteroatoms. The summed E-state index contributed by atoms with van der Waals surface area (Å²) in [5.41, 5.74) is 0.549. The van der Waals surface area contributed by atoms with E-state index >= 15 is 0 Å². The third kappa shape index (κ3) is 3.99. The second-order valence-electron chi connectivity index (χ2n) is 7.29. The van der Waals surface area contributed by atoms with E-state index < -0.39 is 0 Å². The fourth-order valence-corrected chi connectivity index (χ4v) is 3.71. The first-order valence-electron chi connectivity index (χ1n) is 9.59. The monoisotopic (exact) mass is 367 g/mol. The zero-order chi connectivity index (χ0) is 18.6. The maximum atomic E-state index is 12.8. The highest BCUT2D eigenvalue weighted by Crippen LogP contribution is 2.20. The van der Waals surface area contributed by atoms with Gasteiger partial charge in [-0.1, -0.05) is 6.92 Å². The minimum atomic E-state index is -0.0119. The van der Waals surface area contributed by atoms with Gasteiger partial charge >= 0.3 is 0 Å². The third-order valence-electron chi connectivity index (χ3n) is 5.23. The Balaban J connectivity index is 1.36. The van der Waals surface area contributed by atoms with Crippen LogP contribution >= 0.6 is 0 Å². The van der Waals surface area contributed by atoms with Crippen LogP contribution in [0.25, 0.3) is 0 Å². The number of anilines is 2. The van der Waals surface area contributed by atoms with Crippen LogP contribution in [0.4, 0.5) is 11.9 Å². The van der Waals surface area contributed by atoms with Crippen molar-refractivity contribution >= 4 is 17.8 Å². The fraction of sp³-hybridized carbons (Fsp3) is 0.526. The van der Waals surface area contributed by atoms with Crippen molar-refractivity contribution in [1.82, 2.24) is 24.8 Å². The van der Waals surface area contributed by atoms with E-state index in [1.165, 1.54) is 12.8 Å². The summed E-state index contributed by atoms with van der Waals surface area (Å²) in [7, 11) is 0. The lowest BCUT2D eigenvalue weighted by atomic mass is 10.0. The number of nitrogens with zero attached hydrogens (tertiary/aromatic N) is 7. The van der Waals surface area contributed by atoms with E-state index in [0.717, 1.165) is 32.1 Å². The summed E-state index contributed by atoms with van der Waals surface area (Å²) >= 11 is 0. The van der Waals surface area contributed by atoms with Crippen molar-refractivity contribution in [2.45, 2.75) is 19.8 Å². The van der Waals surface area contributed by atoms with Crippen LogP contribution in [0.5, 0.6) is 0 Å². The van der Waals surface area contributed by atoms with Crippen molar-refractivity contribution in [3.8, 4) is 0 Å². The number of carbonyl (C=O) groups excluding carboxylic acids is 1. The largest absolute Gasteiger partial charge is 0.341 e. The molecule has 0 aromatic carbocycles. The Hall–Kier alpha value is -2.77. The third-order valence-corrected chi connectivity index (χ3v) is 5.23. The molecular weight excluding hydrogens is 342 g/mol. The lowest BCUT2D eigenvalue weighted by molar-refractivity contribution is 0.0745. The first-order chi connectivity index (χ1) is 13.2. The number of rotatable bonds is 3. The van der Waals surface area contributed by atoms with Gasteiger partial charge in [-0.2, -0.15) is 0 Å². The summed E-state index contributed by atoms with van der Waals surface area (Å²) in [5, 5.41) is 0. The molecule has 0 bridgehead atoms. The predicted molar refractivity (Wildman–Crippen MR) is 103 cm³/mol. The maximum Gasteiger partial charge on any atom is 0.257 e. The smallest absolute Gasteiger partial charge is 0.257 e. The van der Waals surface area contributed by atoms with Crippen LogP contribution in [0.3, 0.4) is 0 Å². The lowest BCUT2D eigenvalue weighted by Crippen LogP contribution is -2.49. The van der Waals surface area contributed by atoms with Crippen LogP contribution in [0.1, 0.15) is 30.1 Å². The molecule has 2 aromatic heterocycles. The first kappa shape index (κ1) is 17.6. The Bertz CT molecular complexity index is 759. The van der Waals surface area contributed by atoms with Gasteiger partial charge in [0.25, 0.3) is 5.91 Å². The van der Waals surface area contributed by atoms with Gasteiger partial charge in [-0.3, -0.25) is 4.79 Å². The van der Waals surface area contributed by atoms with Crippen LogP contribution < -0.4 is 9.80 Å². The molecule has 0 saturated carbocycles. The Morgan fingerprint density at radius 3 is 2.26 bits per heavy atom. The van der Waals surface area contributed by atoms with E-state index in [4.69, 9.17) is 0 Å². The van der Waals surface area contributed by atoms with Crippen LogP contribution in [0.2, 0.25) is 0 Å². The highest BCUT2D eigenvalue weighted by atomic mass is 16.2. The Labute approximate surface area is 159 Å². The molecule has 1 atom stereocenters. The topological polar surface area (TPSA) is 78.4 Å². The average Bonchev–Trinajstić information content (AvgIpc) is 2.74. The standard InChI is InChI=1S/C19H25N7O/c1-15-4-2-7-26(14-15)19-22-12-16(13-23-19)17(27)24-8-10-25(11-9-24)18-20-5-3-6-21-18/h3,5-6,12-13,15H,2,4,7-11,14H2,1H3. The number of amides is 1. The molecule has 8 nitrogen and oxygen atoms in total. The van der Waals surface area contributed by atoms with E-state index in [9.17, 15) is 4.79 Å². The van der Waals surface area contributed by atoms with Gasteiger partial charge in [0.05, 0.1) is 5.56 Å². The van der Waals surface area contributed by atoms with Crippen molar-refractivity contribution in [2.24, 2.45) is 5.92 Å². The molecular formula is C19H25N7O. The van der Waals surface area contributed by atoms with Gasteiger partial charge in [0.15, 0.2) is 0 Å². The zero-order valence-corrected chi connectivity index (χ0v) is 15.7. The van der Waals surface area contributed by atoms with Gasteiger partial charge in [-0.25, -0.2) is 19.9 Å². The van der Waals surface area contributed by atoms with Crippen molar-refractivity contribution in [3.63, 3.8) is 0 Å². The van der Waals surface area contributed by atoms with Crippen LogP contribution in [0.15, 0.2) is 30.9 Å². The van der Waals surface area contributed by atoms with Crippen molar-refractivity contribution in [1.29, 1.82) is 0 Å². The average molecular weight is 367 g/mol. The number of hydrogen-bond acceptors (Lipinski definition) is 7. The van der Waals surface area contributed by atoms with Crippen molar-refractivity contribution in [3.05, 3.63) is 36.4 Å². The number of aromatic nitrogens is 4. The highest BCUT2D eigenvalue weighted by molar-refractivity contribution is 5.93. The minimum absolute atomic E-state index is 0.0119. The lowest BCUT2D eigenvalue weighted by Gasteiger charge is -2.34.